The number of hydrogen-bond donors (Lipinski definition) is 0. The van der Waals surface area contributed by atoms with Gasteiger partial charge in [-0.15, -0.1) is 0 Å². The highest BCUT2D eigenvalue weighted by atomic mass is 35.5. The van der Waals surface area contributed by atoms with Gasteiger partial charge in [0.15, 0.2) is 0 Å². The number of halogens is 4. The van der Waals surface area contributed by atoms with Crippen molar-refractivity contribution in [3.63, 3.8) is 0 Å². The van der Waals surface area contributed by atoms with Crippen LogP contribution in [0.1, 0.15) is 6.92 Å². The summed E-state index contributed by atoms with van der Waals surface area (Å²) in [6.07, 6.45) is 0. The third kappa shape index (κ3) is 3.50. The second-order valence-electron chi connectivity index (χ2n) is 3.09. The molecule has 0 N–H and O–H groups in total. The second-order valence-corrected chi connectivity index (χ2v) is 4.44. The van der Waals surface area contributed by atoms with Gasteiger partial charge in [-0.1, -0.05) is 0 Å². The van der Waals surface area contributed by atoms with Crippen LogP contribution in [0.5, 0.6) is 0 Å². The first kappa shape index (κ1) is 14.4. The molecule has 0 aromatic carbocycles. The third-order valence-electron chi connectivity index (χ3n) is 1.94. The lowest BCUT2D eigenvalue weighted by Crippen LogP contribution is -2.22. The topological polar surface area (TPSA) is 80.6 Å². The zero-order chi connectivity index (χ0) is 14.0. The van der Waals surface area contributed by atoms with Gasteiger partial charge in [-0.25, -0.2) is 0 Å². The van der Waals surface area contributed by atoms with Crippen molar-refractivity contribution in [2.45, 2.75) is 6.92 Å². The van der Waals surface area contributed by atoms with Crippen LogP contribution < -0.4 is 4.90 Å². The smallest absolute Gasteiger partial charge is 0.237 e. The average molecular weight is 341 g/mol. The second kappa shape index (κ2) is 5.96. The Morgan fingerprint density at radius 3 is 1.26 bits per heavy atom. The van der Waals surface area contributed by atoms with Crippen LogP contribution in [-0.4, -0.2) is 36.4 Å². The number of nitrogens with zero attached hydrogens (tertiary/aromatic N) is 7. The van der Waals surface area contributed by atoms with Crippen molar-refractivity contribution in [1.82, 2.24) is 29.9 Å². The first-order valence-electron chi connectivity index (χ1n) is 4.91. The summed E-state index contributed by atoms with van der Waals surface area (Å²) in [5, 5.41) is -0.168. The minimum atomic E-state index is -0.0419. The Bertz CT molecular complexity index is 516. The maximum atomic E-state index is 5.72. The molecule has 19 heavy (non-hydrogen) atoms. The first-order chi connectivity index (χ1) is 8.99. The molecule has 0 amide bonds. The Balaban J connectivity index is 2.49. The lowest BCUT2D eigenvalue weighted by Gasteiger charge is -2.18. The fourth-order valence-corrected chi connectivity index (χ4v) is 1.96. The van der Waals surface area contributed by atoms with Crippen molar-refractivity contribution >= 4 is 58.3 Å². The van der Waals surface area contributed by atoms with E-state index in [1.165, 1.54) is 4.90 Å². The summed E-state index contributed by atoms with van der Waals surface area (Å²) >= 11 is 22.9. The molecule has 0 fully saturated rings. The number of hydrogen-bond acceptors (Lipinski definition) is 7. The maximum Gasteiger partial charge on any atom is 0.237 e. The van der Waals surface area contributed by atoms with E-state index in [-0.39, 0.29) is 33.0 Å². The van der Waals surface area contributed by atoms with Crippen LogP contribution in [0.15, 0.2) is 0 Å². The molecule has 0 atom stereocenters. The van der Waals surface area contributed by atoms with E-state index < -0.39 is 0 Å². The van der Waals surface area contributed by atoms with E-state index in [1.807, 2.05) is 6.92 Å². The van der Waals surface area contributed by atoms with Gasteiger partial charge in [0.2, 0.25) is 33.0 Å². The maximum absolute atomic E-state index is 5.72. The van der Waals surface area contributed by atoms with Gasteiger partial charge in [0, 0.05) is 6.54 Å². The number of anilines is 2. The van der Waals surface area contributed by atoms with Crippen LogP contribution in [-0.2, 0) is 0 Å². The van der Waals surface area contributed by atoms with E-state index in [4.69, 9.17) is 46.4 Å². The SMILES string of the molecule is CCN(c1nc(Cl)nc(Cl)n1)c1nc(Cl)nc(Cl)n1. The molecule has 2 aromatic rings. The highest BCUT2D eigenvalue weighted by Gasteiger charge is 2.17. The van der Waals surface area contributed by atoms with E-state index >= 15 is 0 Å². The molecule has 7 nitrogen and oxygen atoms in total. The van der Waals surface area contributed by atoms with Gasteiger partial charge in [0.05, 0.1) is 0 Å². The molecule has 0 bridgehead atoms. The molecule has 0 radical (unpaired) electrons. The van der Waals surface area contributed by atoms with Gasteiger partial charge in [-0.2, -0.15) is 29.9 Å². The summed E-state index contributed by atoms with van der Waals surface area (Å²) in [4.78, 5) is 24.6. The molecule has 2 rings (SSSR count). The van der Waals surface area contributed by atoms with E-state index in [9.17, 15) is 0 Å². The Kier molecular flexibility index (Phi) is 4.51. The van der Waals surface area contributed by atoms with Crippen LogP contribution >= 0.6 is 46.4 Å². The van der Waals surface area contributed by atoms with Crippen molar-refractivity contribution in [3.05, 3.63) is 21.1 Å². The molecule has 2 heterocycles. The zero-order valence-electron chi connectivity index (χ0n) is 9.35. The van der Waals surface area contributed by atoms with Crippen LogP contribution in [0.25, 0.3) is 0 Å². The largest absolute Gasteiger partial charge is 0.279 e. The molecular weight excluding hydrogens is 336 g/mol. The molecule has 2 aromatic heterocycles. The van der Waals surface area contributed by atoms with Crippen molar-refractivity contribution in [3.8, 4) is 0 Å². The normalized spacial score (nSPS) is 10.6. The van der Waals surface area contributed by atoms with Crippen molar-refractivity contribution in [1.29, 1.82) is 0 Å². The van der Waals surface area contributed by atoms with E-state index in [0.717, 1.165) is 0 Å². The van der Waals surface area contributed by atoms with Crippen LogP contribution in [0.3, 0.4) is 0 Å². The Morgan fingerprint density at radius 2 is 1.00 bits per heavy atom. The van der Waals surface area contributed by atoms with Gasteiger partial charge in [-0.3, -0.25) is 4.90 Å². The monoisotopic (exact) mass is 339 g/mol. The minimum Gasteiger partial charge on any atom is -0.279 e. The summed E-state index contributed by atoms with van der Waals surface area (Å²) in [5.41, 5.74) is 0. The Labute approximate surface area is 128 Å². The van der Waals surface area contributed by atoms with Gasteiger partial charge in [-0.05, 0) is 53.3 Å². The highest BCUT2D eigenvalue weighted by molar-refractivity contribution is 6.31. The van der Waals surface area contributed by atoms with Crippen molar-refractivity contribution in [2.24, 2.45) is 0 Å². The molecule has 0 aliphatic carbocycles. The molecule has 11 heteroatoms. The van der Waals surface area contributed by atoms with E-state index in [2.05, 4.69) is 29.9 Å². The number of aromatic nitrogens is 6. The minimum absolute atomic E-state index is 0.0419. The lowest BCUT2D eigenvalue weighted by atomic mass is 10.6. The average Bonchev–Trinajstić information content (AvgIpc) is 2.27. The number of rotatable bonds is 3. The lowest BCUT2D eigenvalue weighted by molar-refractivity contribution is 0.867. The molecule has 100 valence electrons. The summed E-state index contributed by atoms with van der Waals surface area (Å²) < 4.78 is 0. The molecule has 0 unspecified atom stereocenters. The molecule has 0 spiro atoms. The molecule has 0 aliphatic heterocycles. The fraction of sp³-hybridized carbons (Fsp3) is 0.250. The summed E-state index contributed by atoms with van der Waals surface area (Å²) in [6, 6.07) is 0. The molecule has 0 aliphatic rings. The Hall–Kier alpha value is -1.02. The van der Waals surface area contributed by atoms with Crippen LogP contribution in [0, 0.1) is 0 Å². The van der Waals surface area contributed by atoms with Crippen molar-refractivity contribution in [2.75, 3.05) is 11.4 Å². The van der Waals surface area contributed by atoms with Crippen molar-refractivity contribution < 1.29 is 0 Å². The fourth-order valence-electron chi connectivity index (χ4n) is 1.25. The zero-order valence-corrected chi connectivity index (χ0v) is 12.4. The van der Waals surface area contributed by atoms with Gasteiger partial charge >= 0.3 is 0 Å². The highest BCUT2D eigenvalue weighted by Crippen LogP contribution is 2.22. The summed E-state index contributed by atoms with van der Waals surface area (Å²) in [5.74, 6) is 0.372. The van der Waals surface area contributed by atoms with Crippen LogP contribution in [0.2, 0.25) is 21.1 Å². The molecular formula is C8H5Cl4N7. The van der Waals surface area contributed by atoms with Crippen LogP contribution in [0.4, 0.5) is 11.9 Å². The van der Waals surface area contributed by atoms with Gasteiger partial charge < -0.3 is 0 Å². The van der Waals surface area contributed by atoms with E-state index in [1.54, 1.807) is 0 Å². The summed E-state index contributed by atoms with van der Waals surface area (Å²) in [7, 11) is 0. The standard InChI is InChI=1S/C8H5Cl4N7/c1-2-19(7-15-3(9)13-4(10)16-7)8-17-5(11)14-6(12)18-8/h2H2,1H3. The predicted molar refractivity (Wildman–Crippen MR) is 72.4 cm³/mol. The Morgan fingerprint density at radius 1 is 0.684 bits per heavy atom. The summed E-state index contributed by atoms with van der Waals surface area (Å²) in [6.45, 7) is 2.27. The van der Waals surface area contributed by atoms with Gasteiger partial charge in [0.1, 0.15) is 0 Å². The quantitative estimate of drug-likeness (QED) is 0.849. The molecule has 0 saturated carbocycles. The molecule has 0 saturated heterocycles. The predicted octanol–water partition coefficient (Wildman–Crippen LogP) is 2.83. The van der Waals surface area contributed by atoms with E-state index in [0.29, 0.717) is 6.54 Å². The third-order valence-corrected chi connectivity index (χ3v) is 2.61. The first-order valence-corrected chi connectivity index (χ1v) is 6.42. The van der Waals surface area contributed by atoms with Gasteiger partial charge in [0.25, 0.3) is 0 Å².